The van der Waals surface area contributed by atoms with Gasteiger partial charge in [0.2, 0.25) is 0 Å². The molecule has 2 heterocycles. The van der Waals surface area contributed by atoms with Crippen molar-refractivity contribution in [2.45, 2.75) is 26.4 Å². The molecule has 0 fully saturated rings. The van der Waals surface area contributed by atoms with Crippen molar-refractivity contribution in [1.82, 2.24) is 4.98 Å². The molecule has 0 aliphatic carbocycles. The number of nitrogens with zero attached hydrogens (tertiary/aromatic N) is 1. The molecular formula is C13H14N2O4. The minimum absolute atomic E-state index is 0.0360. The minimum atomic E-state index is -0.651. The summed E-state index contributed by atoms with van der Waals surface area (Å²) in [5.74, 6) is 0.0360. The van der Waals surface area contributed by atoms with Gasteiger partial charge in [0.1, 0.15) is 16.9 Å². The third-order valence-electron chi connectivity index (χ3n) is 2.25. The van der Waals surface area contributed by atoms with Crippen LogP contribution in [0.15, 0.2) is 22.9 Å². The summed E-state index contributed by atoms with van der Waals surface area (Å²) < 4.78 is 10.4. The Balaban J connectivity index is 2.34. The molecule has 0 radical (unpaired) electrons. The van der Waals surface area contributed by atoms with Crippen molar-refractivity contribution in [2.24, 2.45) is 0 Å². The monoisotopic (exact) mass is 262 g/mol. The second-order valence-electron chi connectivity index (χ2n) is 4.96. The van der Waals surface area contributed by atoms with E-state index in [0.717, 1.165) is 0 Å². The molecule has 0 saturated heterocycles. The number of nitrogens with one attached hydrogen (secondary N) is 1. The molecule has 0 aliphatic rings. The molecule has 2 aromatic heterocycles. The number of anilines is 1. The van der Waals surface area contributed by atoms with E-state index in [1.54, 1.807) is 26.8 Å². The Kier molecular flexibility index (Phi) is 3.25. The van der Waals surface area contributed by atoms with Gasteiger partial charge in [-0.25, -0.2) is 4.79 Å². The van der Waals surface area contributed by atoms with E-state index >= 15 is 0 Å². The van der Waals surface area contributed by atoms with Crippen molar-refractivity contribution in [3.63, 3.8) is 0 Å². The summed E-state index contributed by atoms with van der Waals surface area (Å²) in [6.45, 7) is 5.26. The lowest BCUT2D eigenvalue weighted by Crippen LogP contribution is -2.27. The van der Waals surface area contributed by atoms with E-state index in [2.05, 4.69) is 10.3 Å². The van der Waals surface area contributed by atoms with Crippen molar-refractivity contribution in [3.8, 4) is 0 Å². The zero-order valence-corrected chi connectivity index (χ0v) is 10.9. The lowest BCUT2D eigenvalue weighted by molar-refractivity contribution is 0.0636. The van der Waals surface area contributed by atoms with Gasteiger partial charge in [-0.2, -0.15) is 0 Å². The molecule has 0 aliphatic heterocycles. The molecule has 0 unspecified atom stereocenters. The molecule has 0 bridgehead atoms. The SMILES string of the molecule is CC(C)(C)OC(=O)Nc1c(C=O)oc2ccncc12. The first-order chi connectivity index (χ1) is 8.90. The Bertz CT molecular complexity index is 625. The Morgan fingerprint density at radius 3 is 2.84 bits per heavy atom. The summed E-state index contributed by atoms with van der Waals surface area (Å²) in [6.07, 6.45) is 2.94. The molecule has 0 atom stereocenters. The number of amides is 1. The van der Waals surface area contributed by atoms with Crippen LogP contribution in [0.3, 0.4) is 0 Å². The van der Waals surface area contributed by atoms with Crippen LogP contribution in [0.4, 0.5) is 10.5 Å². The maximum atomic E-state index is 11.7. The molecule has 2 aromatic rings. The van der Waals surface area contributed by atoms with Crippen molar-refractivity contribution in [2.75, 3.05) is 5.32 Å². The quantitative estimate of drug-likeness (QED) is 0.841. The highest BCUT2D eigenvalue weighted by Gasteiger charge is 2.20. The summed E-state index contributed by atoms with van der Waals surface area (Å²) in [6, 6.07) is 1.61. The van der Waals surface area contributed by atoms with Gasteiger partial charge >= 0.3 is 6.09 Å². The first-order valence-corrected chi connectivity index (χ1v) is 5.72. The van der Waals surface area contributed by atoms with E-state index in [1.165, 1.54) is 12.4 Å². The van der Waals surface area contributed by atoms with Crippen LogP contribution in [0.2, 0.25) is 0 Å². The summed E-state index contributed by atoms with van der Waals surface area (Å²) in [5.41, 5.74) is 0.124. The highest BCUT2D eigenvalue weighted by Crippen LogP contribution is 2.29. The normalized spacial score (nSPS) is 11.3. The lowest BCUT2D eigenvalue weighted by Gasteiger charge is -2.19. The van der Waals surface area contributed by atoms with Crippen LogP contribution in [-0.2, 0) is 4.74 Å². The Labute approximate surface area is 109 Å². The number of carbonyl (C=O) groups is 2. The van der Waals surface area contributed by atoms with Gasteiger partial charge in [-0.15, -0.1) is 0 Å². The molecular weight excluding hydrogens is 248 g/mol. The third kappa shape index (κ3) is 2.90. The molecule has 19 heavy (non-hydrogen) atoms. The van der Waals surface area contributed by atoms with Gasteiger partial charge in [-0.3, -0.25) is 15.1 Å². The predicted octanol–water partition coefficient (Wildman–Crippen LogP) is 2.99. The molecule has 1 N–H and O–H groups in total. The van der Waals surface area contributed by atoms with Crippen molar-refractivity contribution < 1.29 is 18.7 Å². The molecule has 0 aromatic carbocycles. The molecule has 0 saturated carbocycles. The zero-order valence-electron chi connectivity index (χ0n) is 10.9. The standard InChI is InChI=1S/C13H14N2O4/c1-13(2,3)19-12(17)15-11-8-6-14-5-4-9(8)18-10(11)7-16/h4-7H,1-3H3,(H,15,17). The summed E-state index contributed by atoms with van der Waals surface area (Å²) in [5, 5.41) is 3.07. The summed E-state index contributed by atoms with van der Waals surface area (Å²) in [7, 11) is 0. The van der Waals surface area contributed by atoms with Crippen molar-refractivity contribution in [1.29, 1.82) is 0 Å². The first-order valence-electron chi connectivity index (χ1n) is 5.72. The van der Waals surface area contributed by atoms with E-state index in [-0.39, 0.29) is 11.4 Å². The number of ether oxygens (including phenoxy) is 1. The highest BCUT2D eigenvalue weighted by atomic mass is 16.6. The fourth-order valence-corrected chi connectivity index (χ4v) is 1.58. The first kappa shape index (κ1) is 13.1. The van der Waals surface area contributed by atoms with Gasteiger partial charge in [0, 0.05) is 12.4 Å². The van der Waals surface area contributed by atoms with Crippen LogP contribution in [0.25, 0.3) is 11.0 Å². The Hall–Kier alpha value is -2.37. The van der Waals surface area contributed by atoms with Gasteiger partial charge in [-0.05, 0) is 26.8 Å². The fraction of sp³-hybridized carbons (Fsp3) is 0.308. The van der Waals surface area contributed by atoms with E-state index < -0.39 is 11.7 Å². The second-order valence-corrected chi connectivity index (χ2v) is 4.96. The van der Waals surface area contributed by atoms with Crippen LogP contribution in [0, 0.1) is 0 Å². The smallest absolute Gasteiger partial charge is 0.412 e. The van der Waals surface area contributed by atoms with Crippen molar-refractivity contribution >= 4 is 29.0 Å². The highest BCUT2D eigenvalue weighted by molar-refractivity contribution is 6.04. The minimum Gasteiger partial charge on any atom is -0.451 e. The van der Waals surface area contributed by atoms with Crippen molar-refractivity contribution in [3.05, 3.63) is 24.2 Å². The van der Waals surface area contributed by atoms with E-state index in [0.29, 0.717) is 17.3 Å². The maximum Gasteiger partial charge on any atom is 0.412 e. The van der Waals surface area contributed by atoms with Gasteiger partial charge in [0.05, 0.1) is 5.39 Å². The summed E-state index contributed by atoms with van der Waals surface area (Å²) in [4.78, 5) is 26.6. The number of aromatic nitrogens is 1. The van der Waals surface area contributed by atoms with Crippen LogP contribution in [-0.4, -0.2) is 23.0 Å². The zero-order chi connectivity index (χ0) is 14.0. The lowest BCUT2D eigenvalue weighted by atomic mass is 10.2. The van der Waals surface area contributed by atoms with Crippen LogP contribution in [0.5, 0.6) is 0 Å². The van der Waals surface area contributed by atoms with Crippen LogP contribution >= 0.6 is 0 Å². The number of pyridine rings is 1. The van der Waals surface area contributed by atoms with E-state index in [1.807, 2.05) is 0 Å². The Morgan fingerprint density at radius 2 is 2.21 bits per heavy atom. The maximum absolute atomic E-state index is 11.7. The number of hydrogen-bond acceptors (Lipinski definition) is 5. The topological polar surface area (TPSA) is 81.4 Å². The van der Waals surface area contributed by atoms with Gasteiger partial charge in [-0.1, -0.05) is 0 Å². The number of hydrogen-bond donors (Lipinski definition) is 1. The predicted molar refractivity (Wildman–Crippen MR) is 69.3 cm³/mol. The van der Waals surface area contributed by atoms with E-state index in [4.69, 9.17) is 9.15 Å². The summed E-state index contributed by atoms with van der Waals surface area (Å²) >= 11 is 0. The number of fused-ring (bicyclic) bond motifs is 1. The molecule has 6 nitrogen and oxygen atoms in total. The van der Waals surface area contributed by atoms with Crippen LogP contribution in [0.1, 0.15) is 31.3 Å². The van der Waals surface area contributed by atoms with Crippen LogP contribution < -0.4 is 5.32 Å². The van der Waals surface area contributed by atoms with Gasteiger partial charge < -0.3 is 9.15 Å². The number of furan rings is 1. The van der Waals surface area contributed by atoms with Gasteiger partial charge in [0.25, 0.3) is 0 Å². The average molecular weight is 262 g/mol. The Morgan fingerprint density at radius 1 is 1.47 bits per heavy atom. The largest absolute Gasteiger partial charge is 0.451 e. The second kappa shape index (κ2) is 4.72. The molecule has 100 valence electrons. The number of aldehydes is 1. The average Bonchev–Trinajstić information content (AvgIpc) is 2.65. The van der Waals surface area contributed by atoms with E-state index in [9.17, 15) is 9.59 Å². The molecule has 6 heteroatoms. The molecule has 2 rings (SSSR count). The number of rotatable bonds is 2. The molecule has 1 amide bonds. The fourth-order valence-electron chi connectivity index (χ4n) is 1.58. The van der Waals surface area contributed by atoms with Gasteiger partial charge in [0.15, 0.2) is 12.0 Å². The third-order valence-corrected chi connectivity index (χ3v) is 2.25. The molecule has 0 spiro atoms. The number of carbonyl (C=O) groups excluding carboxylic acids is 2.